The number of carboxylic acid groups (broad SMARTS) is 1. The summed E-state index contributed by atoms with van der Waals surface area (Å²) in [4.78, 5) is 13.8. The average Bonchev–Trinajstić information content (AvgIpc) is 2.32. The SMILES string of the molecule is Cc1c(C(=O)O)cc2ccccc2c1N=[N+]=[N-]. The highest BCUT2D eigenvalue weighted by atomic mass is 16.4. The van der Waals surface area contributed by atoms with E-state index in [-0.39, 0.29) is 5.56 Å². The molecule has 2 aromatic rings. The number of hydrogen-bond donors (Lipinski definition) is 1. The molecule has 0 saturated heterocycles. The fourth-order valence-corrected chi connectivity index (χ4v) is 1.83. The van der Waals surface area contributed by atoms with E-state index in [1.54, 1.807) is 25.1 Å². The summed E-state index contributed by atoms with van der Waals surface area (Å²) < 4.78 is 0. The summed E-state index contributed by atoms with van der Waals surface area (Å²) in [5, 5.41) is 14.2. The van der Waals surface area contributed by atoms with Gasteiger partial charge in [0.1, 0.15) is 0 Å². The number of nitrogens with zero attached hydrogens (tertiary/aromatic N) is 3. The topological polar surface area (TPSA) is 86.1 Å². The molecule has 5 nitrogen and oxygen atoms in total. The average molecular weight is 227 g/mol. The van der Waals surface area contributed by atoms with Gasteiger partial charge in [0.15, 0.2) is 0 Å². The van der Waals surface area contributed by atoms with Crippen LogP contribution in [0.25, 0.3) is 21.2 Å². The summed E-state index contributed by atoms with van der Waals surface area (Å²) in [6.45, 7) is 1.64. The van der Waals surface area contributed by atoms with E-state index in [1.807, 2.05) is 12.1 Å². The molecule has 2 rings (SSSR count). The van der Waals surface area contributed by atoms with Gasteiger partial charge >= 0.3 is 5.97 Å². The van der Waals surface area contributed by atoms with Crippen molar-refractivity contribution in [2.45, 2.75) is 6.92 Å². The normalized spacial score (nSPS) is 9.94. The Morgan fingerprint density at radius 3 is 2.76 bits per heavy atom. The highest BCUT2D eigenvalue weighted by molar-refractivity contribution is 6.02. The van der Waals surface area contributed by atoms with E-state index in [4.69, 9.17) is 10.6 Å². The van der Waals surface area contributed by atoms with Crippen LogP contribution in [0.2, 0.25) is 0 Å². The van der Waals surface area contributed by atoms with E-state index in [2.05, 4.69) is 10.0 Å². The minimum Gasteiger partial charge on any atom is -0.478 e. The van der Waals surface area contributed by atoms with Gasteiger partial charge in [-0.3, -0.25) is 0 Å². The monoisotopic (exact) mass is 227 g/mol. The molecule has 0 atom stereocenters. The van der Waals surface area contributed by atoms with Gasteiger partial charge in [-0.1, -0.05) is 29.4 Å². The van der Waals surface area contributed by atoms with Crippen LogP contribution in [-0.4, -0.2) is 11.1 Å². The number of rotatable bonds is 2. The second-order valence-electron chi connectivity index (χ2n) is 3.61. The van der Waals surface area contributed by atoms with Gasteiger partial charge in [-0.2, -0.15) is 0 Å². The maximum absolute atomic E-state index is 11.1. The lowest BCUT2D eigenvalue weighted by Gasteiger charge is -2.08. The summed E-state index contributed by atoms with van der Waals surface area (Å²) >= 11 is 0. The molecule has 2 aromatic carbocycles. The standard InChI is InChI=1S/C12H9N3O2/c1-7-10(12(16)17)6-8-4-2-3-5-9(8)11(7)14-15-13/h2-6H,1H3,(H,16,17). The smallest absolute Gasteiger partial charge is 0.335 e. The van der Waals surface area contributed by atoms with Gasteiger partial charge in [-0.25, -0.2) is 4.79 Å². The lowest BCUT2D eigenvalue weighted by Crippen LogP contribution is -1.99. The number of fused-ring (bicyclic) bond motifs is 1. The van der Waals surface area contributed by atoms with Crippen LogP contribution in [0.15, 0.2) is 35.4 Å². The first kappa shape index (κ1) is 11.0. The Morgan fingerprint density at radius 1 is 1.41 bits per heavy atom. The number of carbonyl (C=O) groups is 1. The lowest BCUT2D eigenvalue weighted by atomic mass is 9.99. The van der Waals surface area contributed by atoms with Gasteiger partial charge in [0.05, 0.1) is 5.56 Å². The van der Waals surface area contributed by atoms with Crippen molar-refractivity contribution in [2.24, 2.45) is 5.11 Å². The lowest BCUT2D eigenvalue weighted by molar-refractivity contribution is 0.0696. The molecule has 0 amide bonds. The molecule has 0 spiro atoms. The number of aromatic carboxylic acids is 1. The number of carboxylic acids is 1. The van der Waals surface area contributed by atoms with Crippen LogP contribution in [0.4, 0.5) is 5.69 Å². The third-order valence-electron chi connectivity index (χ3n) is 2.65. The van der Waals surface area contributed by atoms with E-state index >= 15 is 0 Å². The third kappa shape index (κ3) is 1.79. The number of azide groups is 1. The molecule has 84 valence electrons. The molecule has 0 aromatic heterocycles. The Balaban J connectivity index is 2.95. The molecular weight excluding hydrogens is 218 g/mol. The zero-order valence-corrected chi connectivity index (χ0v) is 9.08. The van der Waals surface area contributed by atoms with Gasteiger partial charge < -0.3 is 5.11 Å². The molecule has 0 unspecified atom stereocenters. The second-order valence-corrected chi connectivity index (χ2v) is 3.61. The second kappa shape index (κ2) is 4.15. The van der Waals surface area contributed by atoms with Gasteiger partial charge in [0.25, 0.3) is 0 Å². The van der Waals surface area contributed by atoms with Crippen molar-refractivity contribution >= 4 is 22.4 Å². The van der Waals surface area contributed by atoms with Gasteiger partial charge in [0.2, 0.25) is 0 Å². The Hall–Kier alpha value is -2.52. The van der Waals surface area contributed by atoms with E-state index < -0.39 is 5.97 Å². The molecule has 1 N–H and O–H groups in total. The van der Waals surface area contributed by atoms with Crippen molar-refractivity contribution < 1.29 is 9.90 Å². The van der Waals surface area contributed by atoms with Crippen LogP contribution < -0.4 is 0 Å². The van der Waals surface area contributed by atoms with Crippen molar-refractivity contribution in [3.63, 3.8) is 0 Å². The molecule has 17 heavy (non-hydrogen) atoms. The first-order valence-corrected chi connectivity index (χ1v) is 4.96. The molecule has 5 heteroatoms. The van der Waals surface area contributed by atoms with E-state index in [9.17, 15) is 4.79 Å². The summed E-state index contributed by atoms with van der Waals surface area (Å²) in [5.41, 5.74) is 9.56. The van der Waals surface area contributed by atoms with Crippen LogP contribution in [-0.2, 0) is 0 Å². The predicted molar refractivity (Wildman–Crippen MR) is 64.5 cm³/mol. The number of benzene rings is 2. The first-order chi connectivity index (χ1) is 8.15. The quantitative estimate of drug-likeness (QED) is 0.480. The van der Waals surface area contributed by atoms with Crippen LogP contribution in [0.1, 0.15) is 15.9 Å². The van der Waals surface area contributed by atoms with E-state index in [0.29, 0.717) is 11.3 Å². The molecule has 0 fully saturated rings. The predicted octanol–water partition coefficient (Wildman–Crippen LogP) is 3.79. The summed E-state index contributed by atoms with van der Waals surface area (Å²) in [6, 6.07) is 8.81. The van der Waals surface area contributed by atoms with Crippen molar-refractivity contribution in [2.75, 3.05) is 0 Å². The fourth-order valence-electron chi connectivity index (χ4n) is 1.83. The van der Waals surface area contributed by atoms with Crippen molar-refractivity contribution in [3.8, 4) is 0 Å². The van der Waals surface area contributed by atoms with E-state index in [1.165, 1.54) is 0 Å². The molecule has 0 aliphatic carbocycles. The van der Waals surface area contributed by atoms with Gasteiger partial charge in [0, 0.05) is 10.6 Å². The van der Waals surface area contributed by atoms with Crippen LogP contribution >= 0.6 is 0 Å². The molecule has 0 bridgehead atoms. The van der Waals surface area contributed by atoms with Gasteiger partial charge in [-0.15, -0.1) is 0 Å². The molecule has 0 aliphatic rings. The maximum atomic E-state index is 11.1. The van der Waals surface area contributed by atoms with Crippen molar-refractivity contribution in [1.82, 2.24) is 0 Å². The van der Waals surface area contributed by atoms with Crippen LogP contribution in [0.3, 0.4) is 0 Å². The Labute approximate surface area is 96.9 Å². The Morgan fingerprint density at radius 2 is 2.12 bits per heavy atom. The van der Waals surface area contributed by atoms with Crippen LogP contribution in [0, 0.1) is 6.92 Å². The Kier molecular flexibility index (Phi) is 2.68. The van der Waals surface area contributed by atoms with E-state index in [0.717, 1.165) is 10.8 Å². The third-order valence-corrected chi connectivity index (χ3v) is 2.65. The first-order valence-electron chi connectivity index (χ1n) is 4.96. The minimum atomic E-state index is -1.03. The zero-order chi connectivity index (χ0) is 12.4. The van der Waals surface area contributed by atoms with Gasteiger partial charge in [-0.05, 0) is 34.9 Å². The van der Waals surface area contributed by atoms with Crippen molar-refractivity contribution in [1.29, 1.82) is 0 Å². The largest absolute Gasteiger partial charge is 0.478 e. The maximum Gasteiger partial charge on any atom is 0.335 e. The highest BCUT2D eigenvalue weighted by Gasteiger charge is 2.13. The van der Waals surface area contributed by atoms with Crippen LogP contribution in [0.5, 0.6) is 0 Å². The molecule has 0 saturated carbocycles. The molecular formula is C12H9N3O2. The summed E-state index contributed by atoms with van der Waals surface area (Å²) in [5.74, 6) is -1.03. The summed E-state index contributed by atoms with van der Waals surface area (Å²) in [6.07, 6.45) is 0. The van der Waals surface area contributed by atoms with Crippen molar-refractivity contribution in [3.05, 3.63) is 51.9 Å². The zero-order valence-electron chi connectivity index (χ0n) is 9.08. The molecule has 0 radical (unpaired) electrons. The minimum absolute atomic E-state index is 0.158. The Bertz CT molecular complexity index is 658. The highest BCUT2D eigenvalue weighted by Crippen LogP contribution is 2.32. The fraction of sp³-hybridized carbons (Fsp3) is 0.0833. The summed E-state index contributed by atoms with van der Waals surface area (Å²) in [7, 11) is 0. The molecule has 0 heterocycles. The number of hydrogen-bond acceptors (Lipinski definition) is 2. The molecule has 0 aliphatic heterocycles.